The lowest BCUT2D eigenvalue weighted by atomic mass is 10.0. The average Bonchev–Trinajstić information content (AvgIpc) is 3.00. The van der Waals surface area contributed by atoms with Crippen LogP contribution in [0.2, 0.25) is 0 Å². The molecule has 8 heteroatoms. The van der Waals surface area contributed by atoms with Crippen LogP contribution in [-0.4, -0.2) is 40.4 Å². The Labute approximate surface area is 260 Å². The first-order chi connectivity index (χ1) is 21.3. The highest BCUT2D eigenvalue weighted by Crippen LogP contribution is 2.33. The summed E-state index contributed by atoms with van der Waals surface area (Å²) in [6, 6.07) is 27.6. The second kappa shape index (κ2) is 14.7. The number of hydrogen-bond acceptors (Lipinski definition) is 8. The van der Waals surface area contributed by atoms with Crippen LogP contribution < -0.4 is 4.74 Å². The van der Waals surface area contributed by atoms with E-state index < -0.39 is 5.60 Å². The molecule has 0 aliphatic heterocycles. The summed E-state index contributed by atoms with van der Waals surface area (Å²) < 4.78 is 6.38. The van der Waals surface area contributed by atoms with Crippen LogP contribution in [0.4, 0.5) is 0 Å². The Kier molecular flexibility index (Phi) is 10.3. The molecular weight excluding hydrogens is 548 g/mol. The number of phenolic OH excluding ortho intramolecular Hbond substituents is 1. The van der Waals surface area contributed by atoms with Gasteiger partial charge in [0.15, 0.2) is 0 Å². The number of aromatic nitrogens is 4. The van der Waals surface area contributed by atoms with Gasteiger partial charge in [0.25, 0.3) is 0 Å². The predicted octanol–water partition coefficient (Wildman–Crippen LogP) is 6.55. The topological polar surface area (TPSA) is 87.5 Å². The lowest BCUT2D eigenvalue weighted by molar-refractivity contribution is 0.130. The molecule has 0 unspecified atom stereocenters. The zero-order chi connectivity index (χ0) is 30.8. The minimum atomic E-state index is -0.408. The number of rotatable bonds is 13. The molecule has 0 radical (unpaired) electrons. The fourth-order valence-electron chi connectivity index (χ4n) is 5.08. The van der Waals surface area contributed by atoms with Gasteiger partial charge in [-0.05, 0) is 81.4 Å². The molecule has 4 heterocycles. The van der Waals surface area contributed by atoms with Crippen molar-refractivity contribution in [2.75, 3.05) is 0 Å². The SMILES string of the molecule is CC(C)(C)Oc1cc(CN(Cc2ccccn2)Cc2ccccn2)c(O)c(CN(Cc2ccccn2)Cc2ccccn2)c1. The van der Waals surface area contributed by atoms with Crippen LogP contribution in [0.5, 0.6) is 11.5 Å². The van der Waals surface area contributed by atoms with Gasteiger partial charge in [-0.1, -0.05) is 24.3 Å². The summed E-state index contributed by atoms with van der Waals surface area (Å²) in [6.45, 7) is 9.45. The molecule has 0 fully saturated rings. The van der Waals surface area contributed by atoms with Crippen molar-refractivity contribution in [2.24, 2.45) is 0 Å². The molecule has 4 aromatic heterocycles. The normalized spacial score (nSPS) is 11.7. The van der Waals surface area contributed by atoms with Crippen molar-refractivity contribution in [1.82, 2.24) is 29.7 Å². The highest BCUT2D eigenvalue weighted by Gasteiger charge is 2.21. The first kappa shape index (κ1) is 30.8. The molecule has 5 aromatic rings. The average molecular weight is 589 g/mol. The monoisotopic (exact) mass is 588 g/mol. The molecule has 8 nitrogen and oxygen atoms in total. The van der Waals surface area contributed by atoms with Gasteiger partial charge in [0.1, 0.15) is 17.1 Å². The molecule has 226 valence electrons. The van der Waals surface area contributed by atoms with Gasteiger partial charge in [-0.25, -0.2) is 0 Å². The number of ether oxygens (including phenoxy) is 1. The quantitative estimate of drug-likeness (QED) is 0.166. The second-order valence-corrected chi connectivity index (χ2v) is 11.9. The second-order valence-electron chi connectivity index (χ2n) is 11.9. The fraction of sp³-hybridized carbons (Fsp3) is 0.278. The van der Waals surface area contributed by atoms with Crippen LogP contribution in [0, 0.1) is 0 Å². The number of hydrogen-bond donors (Lipinski definition) is 1. The molecule has 0 aliphatic rings. The third-order valence-corrected chi connectivity index (χ3v) is 6.90. The van der Waals surface area contributed by atoms with Gasteiger partial charge in [-0.2, -0.15) is 0 Å². The van der Waals surface area contributed by atoms with Gasteiger partial charge < -0.3 is 9.84 Å². The molecule has 0 bridgehead atoms. The van der Waals surface area contributed by atoms with E-state index in [0.29, 0.717) is 45.0 Å². The Hall–Kier alpha value is -4.66. The maximum atomic E-state index is 11.8. The fourth-order valence-corrected chi connectivity index (χ4v) is 5.08. The van der Waals surface area contributed by atoms with Gasteiger partial charge in [-0.3, -0.25) is 29.7 Å². The van der Waals surface area contributed by atoms with Gasteiger partial charge in [0.05, 0.1) is 22.8 Å². The standard InChI is InChI=1S/C36H40N6O2/c1-36(2,3)44-34-20-28(22-41(24-30-12-4-8-16-37-30)25-31-13-5-9-17-38-31)35(43)29(21-34)23-42(26-32-14-6-10-18-39-32)27-33-15-7-11-19-40-33/h4-21,43H,22-27H2,1-3H3. The molecular formula is C36H40N6O2. The Balaban J connectivity index is 1.48. The van der Waals surface area contributed by atoms with Crippen LogP contribution >= 0.6 is 0 Å². The van der Waals surface area contributed by atoms with Crippen LogP contribution in [0.1, 0.15) is 54.7 Å². The third kappa shape index (κ3) is 9.42. The van der Waals surface area contributed by atoms with Crippen molar-refractivity contribution in [3.05, 3.63) is 144 Å². The van der Waals surface area contributed by atoms with E-state index >= 15 is 0 Å². The van der Waals surface area contributed by atoms with E-state index in [9.17, 15) is 5.11 Å². The number of benzene rings is 1. The molecule has 0 atom stereocenters. The summed E-state index contributed by atoms with van der Waals surface area (Å²) >= 11 is 0. The number of aromatic hydroxyl groups is 1. The number of nitrogens with zero attached hydrogens (tertiary/aromatic N) is 6. The van der Waals surface area contributed by atoms with E-state index in [1.807, 2.05) is 106 Å². The summed E-state index contributed by atoms with van der Waals surface area (Å²) in [7, 11) is 0. The van der Waals surface area contributed by atoms with E-state index in [4.69, 9.17) is 4.74 Å². The lowest BCUT2D eigenvalue weighted by Crippen LogP contribution is -2.26. The maximum absolute atomic E-state index is 11.8. The van der Waals surface area contributed by atoms with Crippen molar-refractivity contribution in [3.8, 4) is 11.5 Å². The number of pyridine rings is 4. The van der Waals surface area contributed by atoms with Crippen molar-refractivity contribution in [3.63, 3.8) is 0 Å². The van der Waals surface area contributed by atoms with Crippen molar-refractivity contribution in [2.45, 2.75) is 65.6 Å². The molecule has 0 aliphatic carbocycles. The molecule has 0 saturated heterocycles. The molecule has 0 amide bonds. The Morgan fingerprint density at radius 1 is 0.545 bits per heavy atom. The lowest BCUT2D eigenvalue weighted by Gasteiger charge is -2.27. The molecule has 44 heavy (non-hydrogen) atoms. The summed E-state index contributed by atoms with van der Waals surface area (Å²) in [5.41, 5.74) is 4.94. The molecule has 0 spiro atoms. The minimum Gasteiger partial charge on any atom is -0.507 e. The first-order valence-corrected chi connectivity index (χ1v) is 14.9. The van der Waals surface area contributed by atoms with Crippen LogP contribution in [-0.2, 0) is 39.3 Å². The maximum Gasteiger partial charge on any atom is 0.124 e. The zero-order valence-electron chi connectivity index (χ0n) is 25.7. The van der Waals surface area contributed by atoms with Crippen molar-refractivity contribution in [1.29, 1.82) is 0 Å². The predicted molar refractivity (Wildman–Crippen MR) is 171 cm³/mol. The van der Waals surface area contributed by atoms with E-state index in [2.05, 4.69) is 29.7 Å². The first-order valence-electron chi connectivity index (χ1n) is 14.9. The Morgan fingerprint density at radius 2 is 0.886 bits per heavy atom. The van der Waals surface area contributed by atoms with Gasteiger partial charge in [-0.15, -0.1) is 0 Å². The smallest absolute Gasteiger partial charge is 0.124 e. The van der Waals surface area contributed by atoms with Crippen LogP contribution in [0.25, 0.3) is 0 Å². The number of phenols is 1. The molecule has 1 N–H and O–H groups in total. The summed E-state index contributed by atoms with van der Waals surface area (Å²) in [5, 5.41) is 11.8. The largest absolute Gasteiger partial charge is 0.507 e. The molecule has 5 rings (SSSR count). The van der Waals surface area contributed by atoms with Gasteiger partial charge in [0, 0.05) is 75.2 Å². The summed E-state index contributed by atoms with van der Waals surface area (Å²) in [6.07, 6.45) is 7.22. The summed E-state index contributed by atoms with van der Waals surface area (Å²) in [5.74, 6) is 0.969. The van der Waals surface area contributed by atoms with Gasteiger partial charge in [0.2, 0.25) is 0 Å². The highest BCUT2D eigenvalue weighted by atomic mass is 16.5. The highest BCUT2D eigenvalue weighted by molar-refractivity contribution is 5.47. The molecule has 0 saturated carbocycles. The van der Waals surface area contributed by atoms with Gasteiger partial charge >= 0.3 is 0 Å². The zero-order valence-corrected chi connectivity index (χ0v) is 25.7. The van der Waals surface area contributed by atoms with Crippen molar-refractivity contribution < 1.29 is 9.84 Å². The molecule has 1 aromatic carbocycles. The van der Waals surface area contributed by atoms with E-state index in [1.54, 1.807) is 24.8 Å². The van der Waals surface area contributed by atoms with Crippen LogP contribution in [0.15, 0.2) is 110 Å². The Bertz CT molecular complexity index is 1390. The minimum absolute atomic E-state index is 0.255. The van der Waals surface area contributed by atoms with Crippen molar-refractivity contribution >= 4 is 0 Å². The van der Waals surface area contributed by atoms with E-state index in [-0.39, 0.29) is 5.75 Å². The van der Waals surface area contributed by atoms with E-state index in [0.717, 1.165) is 33.9 Å². The summed E-state index contributed by atoms with van der Waals surface area (Å²) in [4.78, 5) is 22.7. The van der Waals surface area contributed by atoms with E-state index in [1.165, 1.54) is 0 Å². The van der Waals surface area contributed by atoms with Crippen LogP contribution in [0.3, 0.4) is 0 Å². The Morgan fingerprint density at radius 3 is 1.16 bits per heavy atom. The third-order valence-electron chi connectivity index (χ3n) is 6.90.